The lowest BCUT2D eigenvalue weighted by Gasteiger charge is -2.34. The fourth-order valence-corrected chi connectivity index (χ4v) is 11.5. The lowest BCUT2D eigenvalue weighted by atomic mass is 9.68. The number of benzene rings is 10. The molecule has 2 aliphatic rings. The Bertz CT molecular complexity index is 3710. The van der Waals surface area contributed by atoms with Crippen molar-refractivity contribution in [1.29, 1.82) is 0 Å². The topological polar surface area (TPSA) is 8.17 Å². The van der Waals surface area contributed by atoms with Crippen LogP contribution in [0.4, 0.5) is 11.4 Å². The second-order valence-electron chi connectivity index (χ2n) is 18.3. The monoisotopic (exact) mass is 880 g/mol. The summed E-state index contributed by atoms with van der Waals surface area (Å²) in [5, 5.41) is 2.48. The lowest BCUT2D eigenvalue weighted by molar-refractivity contribution is 0.768. The zero-order valence-corrected chi connectivity index (χ0v) is 38.2. The number of para-hydroxylation sites is 2. The normalized spacial score (nSPS) is 13.7. The number of hydrogen-bond donors (Lipinski definition) is 0. The van der Waals surface area contributed by atoms with E-state index in [9.17, 15) is 0 Å². The van der Waals surface area contributed by atoms with Crippen LogP contribution < -0.4 is 4.90 Å². The summed E-state index contributed by atoms with van der Waals surface area (Å²) < 4.78 is 2.54. The van der Waals surface area contributed by atoms with Crippen molar-refractivity contribution in [1.82, 2.24) is 4.57 Å². The summed E-state index contributed by atoms with van der Waals surface area (Å²) in [6.07, 6.45) is 6.83. The molecular formula is C67H48N2. The van der Waals surface area contributed by atoms with Crippen molar-refractivity contribution in [2.24, 2.45) is 0 Å². The van der Waals surface area contributed by atoms with Crippen LogP contribution in [-0.4, -0.2) is 4.57 Å². The fourth-order valence-electron chi connectivity index (χ4n) is 11.5. The second kappa shape index (κ2) is 16.9. The first-order valence-electron chi connectivity index (χ1n) is 24.2. The summed E-state index contributed by atoms with van der Waals surface area (Å²) in [6, 6.07) is 93.8. The third-order valence-electron chi connectivity index (χ3n) is 14.5. The Labute approximate surface area is 404 Å². The van der Waals surface area contributed by atoms with Crippen LogP contribution in [0, 0.1) is 0 Å². The van der Waals surface area contributed by atoms with Gasteiger partial charge in [0.1, 0.15) is 0 Å². The number of nitrogens with zero attached hydrogens (tertiary/aromatic N) is 2. The first kappa shape index (κ1) is 40.5. The maximum absolute atomic E-state index is 2.54. The molecule has 0 saturated heterocycles. The predicted octanol–water partition coefficient (Wildman–Crippen LogP) is 17.4. The van der Waals surface area contributed by atoms with Crippen LogP contribution in [0.15, 0.2) is 273 Å². The van der Waals surface area contributed by atoms with Gasteiger partial charge in [0.2, 0.25) is 0 Å². The molecule has 0 amide bonds. The van der Waals surface area contributed by atoms with Crippen molar-refractivity contribution >= 4 is 38.8 Å². The second-order valence-corrected chi connectivity index (χ2v) is 18.3. The van der Waals surface area contributed by atoms with Gasteiger partial charge in [-0.1, -0.05) is 218 Å². The number of aromatic nitrogens is 1. The number of anilines is 2. The average molecular weight is 881 g/mol. The summed E-state index contributed by atoms with van der Waals surface area (Å²) in [6.45, 7) is 0. The fraction of sp³-hybridized carbons (Fsp3) is 0.0448. The Balaban J connectivity index is 0.963. The van der Waals surface area contributed by atoms with Crippen molar-refractivity contribution in [3.05, 3.63) is 300 Å². The number of hydrogen-bond acceptors (Lipinski definition) is 1. The highest BCUT2D eigenvalue weighted by atomic mass is 15.2. The van der Waals surface area contributed by atoms with E-state index in [1.807, 2.05) is 0 Å². The van der Waals surface area contributed by atoms with Crippen LogP contribution in [-0.2, 0) is 5.41 Å². The van der Waals surface area contributed by atoms with Crippen LogP contribution in [0.1, 0.15) is 40.7 Å². The van der Waals surface area contributed by atoms with Crippen molar-refractivity contribution < 1.29 is 0 Å². The molecule has 0 N–H and O–H groups in total. The maximum atomic E-state index is 2.54. The summed E-state index contributed by atoms with van der Waals surface area (Å²) in [7, 11) is 0. The first-order valence-corrected chi connectivity index (χ1v) is 24.2. The van der Waals surface area contributed by atoms with Gasteiger partial charge in [0.25, 0.3) is 0 Å². The molecule has 0 aliphatic heterocycles. The Hall–Kier alpha value is -8.72. The van der Waals surface area contributed by atoms with E-state index in [-0.39, 0.29) is 0 Å². The minimum atomic E-state index is -0.494. The molecule has 1 aromatic heterocycles. The van der Waals surface area contributed by atoms with Gasteiger partial charge in [0, 0.05) is 39.0 Å². The molecule has 2 heteroatoms. The van der Waals surface area contributed by atoms with Gasteiger partial charge in [-0.05, 0) is 117 Å². The maximum Gasteiger partial charge on any atom is 0.0714 e. The van der Waals surface area contributed by atoms with E-state index in [2.05, 4.69) is 276 Å². The molecule has 2 nitrogen and oxygen atoms in total. The van der Waals surface area contributed by atoms with Crippen LogP contribution >= 0.6 is 0 Å². The highest BCUT2D eigenvalue weighted by Crippen LogP contribution is 2.58. The third kappa shape index (κ3) is 6.63. The summed E-state index contributed by atoms with van der Waals surface area (Å²) in [5.74, 6) is 0. The minimum Gasteiger partial charge on any atom is -0.310 e. The molecule has 1 heterocycles. The largest absolute Gasteiger partial charge is 0.310 e. The van der Waals surface area contributed by atoms with Gasteiger partial charge in [-0.15, -0.1) is 0 Å². The molecule has 13 rings (SSSR count). The molecule has 0 fully saturated rings. The van der Waals surface area contributed by atoms with E-state index in [0.717, 1.165) is 24.2 Å². The third-order valence-corrected chi connectivity index (χ3v) is 14.5. The van der Waals surface area contributed by atoms with Gasteiger partial charge in [0.15, 0.2) is 0 Å². The van der Waals surface area contributed by atoms with Crippen LogP contribution in [0.25, 0.3) is 66.4 Å². The molecule has 11 aromatic rings. The molecule has 326 valence electrons. The molecule has 0 spiro atoms. The SMILES string of the molecule is C1=C(c2ccc3c4ccccc4n(-c4cccc5c4-c4ccccc4C5(c4ccccc4)c4ccccc4)c3c2)C(N(c2ccccc2)c2ccc(-c3cccc(-c4ccccc4)c3)cc2)=CCC1. The van der Waals surface area contributed by atoms with Crippen molar-refractivity contribution in [2.75, 3.05) is 4.90 Å². The average Bonchev–Trinajstić information content (AvgIpc) is 3.93. The number of fused-ring (bicyclic) bond motifs is 6. The van der Waals surface area contributed by atoms with E-state index >= 15 is 0 Å². The Morgan fingerprint density at radius 1 is 0.362 bits per heavy atom. The highest BCUT2D eigenvalue weighted by molar-refractivity contribution is 6.11. The lowest BCUT2D eigenvalue weighted by Crippen LogP contribution is -2.28. The van der Waals surface area contributed by atoms with Crippen LogP contribution in [0.3, 0.4) is 0 Å². The molecule has 69 heavy (non-hydrogen) atoms. The van der Waals surface area contributed by atoms with Gasteiger partial charge in [-0.2, -0.15) is 0 Å². The molecular weight excluding hydrogens is 833 g/mol. The molecule has 0 radical (unpaired) electrons. The minimum absolute atomic E-state index is 0.494. The van der Waals surface area contributed by atoms with Gasteiger partial charge in [0.05, 0.1) is 22.1 Å². The van der Waals surface area contributed by atoms with Crippen molar-refractivity contribution in [2.45, 2.75) is 18.3 Å². The predicted molar refractivity (Wildman–Crippen MR) is 289 cm³/mol. The molecule has 0 saturated carbocycles. The van der Waals surface area contributed by atoms with Gasteiger partial charge >= 0.3 is 0 Å². The van der Waals surface area contributed by atoms with Gasteiger partial charge < -0.3 is 9.47 Å². The van der Waals surface area contributed by atoms with E-state index in [0.29, 0.717) is 0 Å². The standard InChI is InChI=1S/C67H48N2/c1-5-21-47(22-6-1)49-23-19-24-50(45-49)48-39-42-55(43-40-48)68(54-29-11-4-12-30-54)62-36-17-14-31-56(62)51-41-44-58-57-32-15-18-37-63(57)69(65(58)46-51)64-38-20-35-61-66(64)59-33-13-16-34-60(59)67(61,52-25-7-2-8-26-52)53-27-9-3-10-28-53/h1-13,15-16,18-46H,14,17H2. The smallest absolute Gasteiger partial charge is 0.0714 e. The van der Waals surface area contributed by atoms with E-state index < -0.39 is 5.41 Å². The van der Waals surface area contributed by atoms with Crippen LogP contribution in [0.2, 0.25) is 0 Å². The van der Waals surface area contributed by atoms with Crippen LogP contribution in [0.5, 0.6) is 0 Å². The summed E-state index contributed by atoms with van der Waals surface area (Å²) in [4.78, 5) is 2.45. The van der Waals surface area contributed by atoms with Gasteiger partial charge in [-0.25, -0.2) is 0 Å². The highest BCUT2D eigenvalue weighted by Gasteiger charge is 2.47. The quantitative estimate of drug-likeness (QED) is 0.140. The van der Waals surface area contributed by atoms with Crippen molar-refractivity contribution in [3.8, 4) is 39.1 Å². The Morgan fingerprint density at radius 2 is 0.899 bits per heavy atom. The molecule has 2 aliphatic carbocycles. The number of rotatable bonds is 9. The Morgan fingerprint density at radius 3 is 1.64 bits per heavy atom. The zero-order chi connectivity index (χ0) is 45.7. The van der Waals surface area contributed by atoms with E-state index in [1.54, 1.807) is 0 Å². The Kier molecular flexibility index (Phi) is 9.91. The van der Waals surface area contributed by atoms with Gasteiger partial charge in [-0.3, -0.25) is 0 Å². The summed E-state index contributed by atoms with van der Waals surface area (Å²) in [5.41, 5.74) is 21.5. The first-order chi connectivity index (χ1) is 34.3. The summed E-state index contributed by atoms with van der Waals surface area (Å²) >= 11 is 0. The molecule has 0 unspecified atom stereocenters. The molecule has 0 atom stereocenters. The molecule has 10 aromatic carbocycles. The molecule has 0 bridgehead atoms. The van der Waals surface area contributed by atoms with E-state index in [4.69, 9.17) is 0 Å². The van der Waals surface area contributed by atoms with E-state index in [1.165, 1.54) is 100.0 Å². The number of allylic oxidation sites excluding steroid dienone is 3. The zero-order valence-electron chi connectivity index (χ0n) is 38.2. The van der Waals surface area contributed by atoms with Crippen molar-refractivity contribution in [3.63, 3.8) is 0 Å².